The second-order valence-electron chi connectivity index (χ2n) is 12.8. The number of benzene rings is 5. The van der Waals surface area contributed by atoms with Gasteiger partial charge in [-0.2, -0.15) is 0 Å². The first kappa shape index (κ1) is 32.5. The average molecular weight is 693 g/mol. The van der Waals surface area contributed by atoms with Crippen LogP contribution < -0.4 is 0 Å². The summed E-state index contributed by atoms with van der Waals surface area (Å²) in [5.74, 6) is 1.85. The molecule has 0 spiro atoms. The summed E-state index contributed by atoms with van der Waals surface area (Å²) in [6.07, 6.45) is 3.62. The van der Waals surface area contributed by atoms with E-state index in [-0.39, 0.29) is 0 Å². The fourth-order valence-corrected chi connectivity index (χ4v) is 6.65. The van der Waals surface area contributed by atoms with Crippen LogP contribution in [0, 0.1) is 0 Å². The molecule has 6 heteroatoms. The average Bonchev–Trinajstić information content (AvgIpc) is 3.27. The van der Waals surface area contributed by atoms with Crippen molar-refractivity contribution in [1.82, 2.24) is 29.9 Å². The molecule has 9 rings (SSSR count). The number of nitrogens with zero attached hydrogens (tertiary/aromatic N) is 6. The quantitative estimate of drug-likeness (QED) is 0.158. The van der Waals surface area contributed by atoms with Crippen LogP contribution in [0.5, 0.6) is 0 Å². The van der Waals surface area contributed by atoms with Gasteiger partial charge >= 0.3 is 0 Å². The van der Waals surface area contributed by atoms with Crippen LogP contribution in [-0.2, 0) is 0 Å². The molecule has 254 valence electrons. The molecule has 4 aromatic heterocycles. The molecule has 5 aromatic carbocycles. The number of pyridine rings is 3. The molecule has 6 nitrogen and oxygen atoms in total. The molecule has 0 aliphatic rings. The molecule has 0 atom stereocenters. The molecule has 0 amide bonds. The van der Waals surface area contributed by atoms with Gasteiger partial charge in [0.05, 0.1) is 22.8 Å². The molecule has 0 fully saturated rings. The maximum absolute atomic E-state index is 5.14. The third-order valence-electron chi connectivity index (χ3n) is 9.26. The van der Waals surface area contributed by atoms with Crippen LogP contribution >= 0.6 is 0 Å². The van der Waals surface area contributed by atoms with E-state index in [1.165, 1.54) is 0 Å². The number of rotatable bonds is 8. The second kappa shape index (κ2) is 14.7. The number of hydrogen-bond acceptors (Lipinski definition) is 6. The van der Waals surface area contributed by atoms with Gasteiger partial charge in [0.25, 0.3) is 0 Å². The topological polar surface area (TPSA) is 77.3 Å². The highest BCUT2D eigenvalue weighted by Crippen LogP contribution is 2.37. The predicted molar refractivity (Wildman–Crippen MR) is 217 cm³/mol. The summed E-state index contributed by atoms with van der Waals surface area (Å²) in [7, 11) is 0. The van der Waals surface area contributed by atoms with E-state index < -0.39 is 0 Å². The van der Waals surface area contributed by atoms with Crippen molar-refractivity contribution < 1.29 is 0 Å². The molecule has 0 unspecified atom stereocenters. The van der Waals surface area contributed by atoms with Gasteiger partial charge in [0, 0.05) is 34.6 Å². The van der Waals surface area contributed by atoms with Crippen molar-refractivity contribution in [3.8, 4) is 90.3 Å². The van der Waals surface area contributed by atoms with Gasteiger partial charge in [0.15, 0.2) is 17.5 Å². The van der Waals surface area contributed by atoms with Crippen LogP contribution in [0.1, 0.15) is 0 Å². The summed E-state index contributed by atoms with van der Waals surface area (Å²) in [5.41, 5.74) is 12.1. The Morgan fingerprint density at radius 3 is 1.44 bits per heavy atom. The van der Waals surface area contributed by atoms with Crippen molar-refractivity contribution in [2.45, 2.75) is 0 Å². The Labute approximate surface area is 313 Å². The Morgan fingerprint density at radius 1 is 0.259 bits per heavy atom. The van der Waals surface area contributed by atoms with Crippen LogP contribution in [0.3, 0.4) is 0 Å². The third kappa shape index (κ3) is 6.67. The SMILES string of the molecule is c1ccc(-c2cc(-c3ccccn3)nc(-c3ncccc3-c3cccc(-c4ccccc4-c4nc(-c5ccccc5)nc(-c5ccccc5)n4)c3)c2)cc1. The van der Waals surface area contributed by atoms with E-state index in [9.17, 15) is 0 Å². The highest BCUT2D eigenvalue weighted by molar-refractivity contribution is 5.87. The van der Waals surface area contributed by atoms with Gasteiger partial charge < -0.3 is 0 Å². The molecular formula is C48H32N6. The third-order valence-corrected chi connectivity index (χ3v) is 9.26. The van der Waals surface area contributed by atoms with Crippen LogP contribution in [0.2, 0.25) is 0 Å². The van der Waals surface area contributed by atoms with Crippen LogP contribution in [0.4, 0.5) is 0 Å². The van der Waals surface area contributed by atoms with Crippen LogP contribution in [0.25, 0.3) is 90.3 Å². The molecule has 0 N–H and O–H groups in total. The van der Waals surface area contributed by atoms with Gasteiger partial charge in [-0.15, -0.1) is 0 Å². The van der Waals surface area contributed by atoms with E-state index >= 15 is 0 Å². The van der Waals surface area contributed by atoms with Crippen molar-refractivity contribution in [3.05, 3.63) is 194 Å². The lowest BCUT2D eigenvalue weighted by molar-refractivity contribution is 1.07. The van der Waals surface area contributed by atoms with E-state index in [2.05, 4.69) is 77.8 Å². The van der Waals surface area contributed by atoms with Crippen molar-refractivity contribution in [3.63, 3.8) is 0 Å². The Kier molecular flexibility index (Phi) is 8.81. The van der Waals surface area contributed by atoms with Crippen LogP contribution in [0.15, 0.2) is 194 Å². The molecule has 9 aromatic rings. The minimum absolute atomic E-state index is 0.606. The Balaban J connectivity index is 1.16. The van der Waals surface area contributed by atoms with Crippen molar-refractivity contribution in [2.24, 2.45) is 0 Å². The highest BCUT2D eigenvalue weighted by Gasteiger charge is 2.18. The van der Waals surface area contributed by atoms with E-state index in [0.29, 0.717) is 17.5 Å². The number of hydrogen-bond donors (Lipinski definition) is 0. The van der Waals surface area contributed by atoms with E-state index in [0.717, 1.165) is 72.8 Å². The van der Waals surface area contributed by atoms with Gasteiger partial charge in [-0.1, -0.05) is 146 Å². The van der Waals surface area contributed by atoms with E-state index in [1.807, 2.05) is 115 Å². The normalized spacial score (nSPS) is 11.0. The second-order valence-corrected chi connectivity index (χ2v) is 12.8. The standard InChI is InChI=1S/C48H32N6/c1-4-16-33(17-5-1)38-31-43(42-27-12-13-28-49-42)51-44(32-38)45-40(26-15-29-50-45)37-23-14-22-36(30-37)39-24-10-11-25-41(39)48-53-46(34-18-6-2-7-19-34)52-47(54-48)35-20-8-3-9-21-35/h1-32H. The van der Waals surface area contributed by atoms with Gasteiger partial charge in [-0.3, -0.25) is 9.97 Å². The summed E-state index contributed by atoms with van der Waals surface area (Å²) in [5, 5.41) is 0. The lowest BCUT2D eigenvalue weighted by atomic mass is 9.94. The smallest absolute Gasteiger partial charge is 0.164 e. The van der Waals surface area contributed by atoms with Crippen molar-refractivity contribution in [1.29, 1.82) is 0 Å². The maximum atomic E-state index is 5.14. The monoisotopic (exact) mass is 692 g/mol. The molecular weight excluding hydrogens is 661 g/mol. The first-order chi connectivity index (χ1) is 26.8. The molecule has 4 heterocycles. The zero-order valence-electron chi connectivity index (χ0n) is 29.2. The Hall–Kier alpha value is -7.44. The molecule has 0 radical (unpaired) electrons. The summed E-state index contributed by atoms with van der Waals surface area (Å²) in [4.78, 5) is 29.7. The van der Waals surface area contributed by atoms with Crippen molar-refractivity contribution >= 4 is 0 Å². The van der Waals surface area contributed by atoms with Gasteiger partial charge in [-0.25, -0.2) is 19.9 Å². The zero-order chi connectivity index (χ0) is 36.1. The minimum atomic E-state index is 0.606. The van der Waals surface area contributed by atoms with Gasteiger partial charge in [0.2, 0.25) is 0 Å². The summed E-state index contributed by atoms with van der Waals surface area (Å²) < 4.78 is 0. The van der Waals surface area contributed by atoms with E-state index in [1.54, 1.807) is 6.20 Å². The first-order valence-electron chi connectivity index (χ1n) is 17.8. The molecule has 0 bridgehead atoms. The maximum Gasteiger partial charge on any atom is 0.164 e. The van der Waals surface area contributed by atoms with E-state index in [4.69, 9.17) is 24.9 Å². The summed E-state index contributed by atoms with van der Waals surface area (Å²) in [6.45, 7) is 0. The lowest BCUT2D eigenvalue weighted by Gasteiger charge is -2.14. The molecule has 0 saturated carbocycles. The highest BCUT2D eigenvalue weighted by atomic mass is 15.0. The van der Waals surface area contributed by atoms with Gasteiger partial charge in [0.1, 0.15) is 0 Å². The summed E-state index contributed by atoms with van der Waals surface area (Å²) >= 11 is 0. The molecule has 0 aliphatic carbocycles. The molecule has 0 saturated heterocycles. The fraction of sp³-hybridized carbons (Fsp3) is 0. The zero-order valence-corrected chi connectivity index (χ0v) is 29.2. The van der Waals surface area contributed by atoms with Crippen LogP contribution in [-0.4, -0.2) is 29.9 Å². The summed E-state index contributed by atoms with van der Waals surface area (Å²) in [6, 6.07) is 61.4. The van der Waals surface area contributed by atoms with Gasteiger partial charge in [-0.05, 0) is 64.2 Å². The molecule has 54 heavy (non-hydrogen) atoms. The lowest BCUT2D eigenvalue weighted by Crippen LogP contribution is -2.01. The predicted octanol–water partition coefficient (Wildman–Crippen LogP) is 11.4. The number of aromatic nitrogens is 6. The Morgan fingerprint density at radius 2 is 0.778 bits per heavy atom. The Bertz CT molecular complexity index is 2400. The largest absolute Gasteiger partial charge is 0.255 e. The fourth-order valence-electron chi connectivity index (χ4n) is 6.65. The van der Waals surface area contributed by atoms with Crippen molar-refractivity contribution in [2.75, 3.05) is 0 Å². The molecule has 0 aliphatic heterocycles. The first-order valence-corrected chi connectivity index (χ1v) is 17.8. The minimum Gasteiger partial charge on any atom is -0.255 e.